The maximum Gasteiger partial charge on any atom is 0.354 e. The number of nitrogens with one attached hydrogen (secondary N) is 1. The lowest BCUT2D eigenvalue weighted by molar-refractivity contribution is -0.134. The summed E-state index contributed by atoms with van der Waals surface area (Å²) < 4.78 is 4.75. The van der Waals surface area contributed by atoms with Crippen molar-refractivity contribution in [1.82, 2.24) is 9.88 Å². The number of H-pyrrole nitrogens is 1. The first-order valence-corrected chi connectivity index (χ1v) is 8.50. The third-order valence-electron chi connectivity index (χ3n) is 4.99. The highest BCUT2D eigenvalue weighted by atomic mass is 16.5. The highest BCUT2D eigenvalue weighted by molar-refractivity contribution is 6.06. The maximum absolute atomic E-state index is 13.1. The van der Waals surface area contributed by atoms with Crippen molar-refractivity contribution in [2.75, 3.05) is 7.11 Å². The van der Waals surface area contributed by atoms with E-state index in [4.69, 9.17) is 4.74 Å². The molecule has 2 aliphatic rings. The lowest BCUT2D eigenvalue weighted by Gasteiger charge is -2.28. The average Bonchev–Trinajstić information content (AvgIpc) is 3.44. The van der Waals surface area contributed by atoms with Crippen LogP contribution < -0.4 is 0 Å². The lowest BCUT2D eigenvalue weighted by atomic mass is 9.99. The fourth-order valence-corrected chi connectivity index (χ4v) is 3.34. The van der Waals surface area contributed by atoms with Gasteiger partial charge in [-0.3, -0.25) is 9.59 Å². The van der Waals surface area contributed by atoms with Gasteiger partial charge in [0.2, 0.25) is 5.91 Å². The summed E-state index contributed by atoms with van der Waals surface area (Å²) in [6.07, 6.45) is 3.79. The Kier molecular flexibility index (Phi) is 4.24. The number of amides is 1. The molecule has 6 nitrogen and oxygen atoms in total. The maximum atomic E-state index is 13.1. The molecule has 1 aromatic rings. The van der Waals surface area contributed by atoms with E-state index in [1.54, 1.807) is 25.7 Å². The van der Waals surface area contributed by atoms with Gasteiger partial charge in [0.1, 0.15) is 5.69 Å². The van der Waals surface area contributed by atoms with Crippen LogP contribution in [0.2, 0.25) is 0 Å². The number of methoxy groups -OCH3 is 1. The van der Waals surface area contributed by atoms with Crippen molar-refractivity contribution < 1.29 is 19.1 Å². The van der Waals surface area contributed by atoms with Crippen LogP contribution in [0.1, 0.15) is 64.7 Å². The van der Waals surface area contributed by atoms with Crippen LogP contribution in [0.3, 0.4) is 0 Å². The van der Waals surface area contributed by atoms with Crippen molar-refractivity contribution in [2.45, 2.75) is 58.5 Å². The number of aromatic amines is 1. The van der Waals surface area contributed by atoms with Crippen LogP contribution in [0.4, 0.5) is 0 Å². The van der Waals surface area contributed by atoms with E-state index in [0.29, 0.717) is 22.5 Å². The molecule has 2 fully saturated rings. The van der Waals surface area contributed by atoms with Gasteiger partial charge >= 0.3 is 5.97 Å². The van der Waals surface area contributed by atoms with E-state index < -0.39 is 12.0 Å². The quantitative estimate of drug-likeness (QED) is 0.641. The summed E-state index contributed by atoms with van der Waals surface area (Å²) >= 11 is 0. The number of aromatic nitrogens is 1. The van der Waals surface area contributed by atoms with Crippen LogP contribution in [-0.2, 0) is 9.53 Å². The van der Waals surface area contributed by atoms with Gasteiger partial charge in [-0.05, 0) is 52.0 Å². The number of ether oxygens (including phenoxy) is 1. The Hall–Kier alpha value is -2.11. The molecule has 1 N–H and O–H groups in total. The number of Topliss-reactive ketones (excluding diaryl/α,β-unsaturated/α-hetero) is 1. The molecular weight excluding hydrogens is 308 g/mol. The van der Waals surface area contributed by atoms with Crippen molar-refractivity contribution in [1.29, 1.82) is 0 Å². The number of hydrogen-bond donors (Lipinski definition) is 1. The Bertz CT molecular complexity index is 698. The van der Waals surface area contributed by atoms with Gasteiger partial charge in [0, 0.05) is 23.2 Å². The second-order valence-corrected chi connectivity index (χ2v) is 6.91. The minimum atomic E-state index is -0.510. The first kappa shape index (κ1) is 16.7. The topological polar surface area (TPSA) is 79.5 Å². The van der Waals surface area contributed by atoms with Crippen LogP contribution in [0, 0.1) is 19.8 Å². The van der Waals surface area contributed by atoms with Crippen LogP contribution >= 0.6 is 0 Å². The first-order chi connectivity index (χ1) is 11.4. The van der Waals surface area contributed by atoms with Gasteiger partial charge in [0.15, 0.2) is 5.78 Å². The summed E-state index contributed by atoms with van der Waals surface area (Å²) in [6, 6.07) is -0.319. The molecule has 2 saturated carbocycles. The van der Waals surface area contributed by atoms with Gasteiger partial charge in [-0.25, -0.2) is 4.79 Å². The molecule has 6 heteroatoms. The predicted molar refractivity (Wildman–Crippen MR) is 88.0 cm³/mol. The van der Waals surface area contributed by atoms with Crippen LogP contribution in [-0.4, -0.2) is 46.7 Å². The Balaban J connectivity index is 1.88. The summed E-state index contributed by atoms with van der Waals surface area (Å²) in [5.41, 5.74) is 2.03. The predicted octanol–water partition coefficient (Wildman–Crippen LogP) is 2.39. The molecule has 2 aliphatic carbocycles. The largest absolute Gasteiger partial charge is 0.464 e. The number of hydrogen-bond acceptors (Lipinski definition) is 4. The molecular formula is C18H24N2O4. The Morgan fingerprint density at radius 1 is 1.17 bits per heavy atom. The second-order valence-electron chi connectivity index (χ2n) is 6.91. The monoisotopic (exact) mass is 332 g/mol. The molecule has 0 aliphatic heterocycles. The van der Waals surface area contributed by atoms with E-state index in [1.807, 2.05) is 0 Å². The Morgan fingerprint density at radius 3 is 2.29 bits per heavy atom. The highest BCUT2D eigenvalue weighted by Gasteiger charge is 2.44. The summed E-state index contributed by atoms with van der Waals surface area (Å²) in [7, 11) is 1.31. The van der Waals surface area contributed by atoms with Crippen molar-refractivity contribution in [2.24, 2.45) is 5.92 Å². The van der Waals surface area contributed by atoms with Crippen LogP contribution in [0.25, 0.3) is 0 Å². The van der Waals surface area contributed by atoms with Gasteiger partial charge in [0.25, 0.3) is 0 Å². The first-order valence-electron chi connectivity index (χ1n) is 8.50. The lowest BCUT2D eigenvalue weighted by Crippen LogP contribution is -2.45. The Labute approximate surface area is 141 Å². The number of carbonyl (C=O) groups excluding carboxylic acids is 3. The minimum absolute atomic E-state index is 0.0971. The highest BCUT2D eigenvalue weighted by Crippen LogP contribution is 2.38. The molecule has 1 atom stereocenters. The molecule has 1 amide bonds. The number of carbonyl (C=O) groups is 3. The summed E-state index contributed by atoms with van der Waals surface area (Å²) in [6.45, 7) is 5.30. The molecule has 24 heavy (non-hydrogen) atoms. The molecule has 130 valence electrons. The van der Waals surface area contributed by atoms with E-state index in [2.05, 4.69) is 4.98 Å². The van der Waals surface area contributed by atoms with Crippen molar-refractivity contribution in [3.8, 4) is 0 Å². The fourth-order valence-electron chi connectivity index (χ4n) is 3.34. The van der Waals surface area contributed by atoms with Crippen LogP contribution in [0.5, 0.6) is 0 Å². The smallest absolute Gasteiger partial charge is 0.354 e. The van der Waals surface area contributed by atoms with Crippen LogP contribution in [0.15, 0.2) is 0 Å². The van der Waals surface area contributed by atoms with E-state index in [0.717, 1.165) is 25.7 Å². The summed E-state index contributed by atoms with van der Waals surface area (Å²) in [5, 5.41) is 0. The normalized spacial score (nSPS) is 18.2. The molecule has 0 spiro atoms. The summed E-state index contributed by atoms with van der Waals surface area (Å²) in [5.74, 6) is -0.398. The molecule has 0 radical (unpaired) electrons. The zero-order valence-electron chi connectivity index (χ0n) is 14.6. The van der Waals surface area contributed by atoms with Gasteiger partial charge in [-0.1, -0.05) is 0 Å². The average molecular weight is 332 g/mol. The van der Waals surface area contributed by atoms with E-state index in [9.17, 15) is 14.4 Å². The molecule has 0 saturated heterocycles. The third kappa shape index (κ3) is 2.85. The van der Waals surface area contributed by atoms with Gasteiger partial charge in [0.05, 0.1) is 13.2 Å². The second kappa shape index (κ2) is 6.07. The van der Waals surface area contributed by atoms with E-state index in [-0.39, 0.29) is 23.7 Å². The van der Waals surface area contributed by atoms with Crippen molar-refractivity contribution in [3.05, 3.63) is 22.5 Å². The summed E-state index contributed by atoms with van der Waals surface area (Å²) in [4.78, 5) is 42.2. The van der Waals surface area contributed by atoms with E-state index in [1.165, 1.54) is 7.11 Å². The van der Waals surface area contributed by atoms with Crippen molar-refractivity contribution >= 4 is 17.7 Å². The number of aryl methyl sites for hydroxylation is 1. The molecule has 0 aromatic carbocycles. The van der Waals surface area contributed by atoms with Gasteiger partial charge in [-0.2, -0.15) is 0 Å². The van der Waals surface area contributed by atoms with E-state index >= 15 is 0 Å². The van der Waals surface area contributed by atoms with Gasteiger partial charge < -0.3 is 14.6 Å². The molecule has 1 heterocycles. The SMILES string of the molecule is COC(=O)c1[nH]c(C)c(C(=O)C(C)N(C(=O)C2CC2)C2CC2)c1C. The minimum Gasteiger partial charge on any atom is -0.464 e. The number of ketones is 1. The van der Waals surface area contributed by atoms with Gasteiger partial charge in [-0.15, -0.1) is 0 Å². The molecule has 1 unspecified atom stereocenters. The number of nitrogens with zero attached hydrogens (tertiary/aromatic N) is 1. The third-order valence-corrected chi connectivity index (χ3v) is 4.99. The molecule has 0 bridgehead atoms. The zero-order chi connectivity index (χ0) is 17.6. The number of rotatable bonds is 6. The molecule has 1 aromatic heterocycles. The Morgan fingerprint density at radius 2 is 1.79 bits per heavy atom. The standard InChI is InChI=1S/C18H24N2O4/c1-9-14(10(2)19-15(9)18(23)24-4)16(21)11(3)20(13-7-8-13)17(22)12-5-6-12/h11-13,19H,5-8H2,1-4H3. The fraction of sp³-hybridized carbons (Fsp3) is 0.611. The van der Waals surface area contributed by atoms with Crippen molar-refractivity contribution in [3.63, 3.8) is 0 Å². The zero-order valence-corrected chi connectivity index (χ0v) is 14.6. The number of esters is 1. The molecule has 3 rings (SSSR count).